The Morgan fingerprint density at radius 3 is 2.72 bits per heavy atom. The molecule has 29 heavy (non-hydrogen) atoms. The minimum atomic E-state index is -0.757. The van der Waals surface area contributed by atoms with Gasteiger partial charge in [-0.05, 0) is 24.4 Å². The van der Waals surface area contributed by atoms with Crippen molar-refractivity contribution in [1.82, 2.24) is 5.43 Å². The number of hydrazone groups is 1. The van der Waals surface area contributed by atoms with Crippen LogP contribution in [-0.2, 0) is 4.79 Å². The summed E-state index contributed by atoms with van der Waals surface area (Å²) in [5.41, 5.74) is 2.61. The van der Waals surface area contributed by atoms with Gasteiger partial charge in [-0.15, -0.1) is 0 Å². The van der Waals surface area contributed by atoms with Crippen LogP contribution >= 0.6 is 11.6 Å². The molecule has 0 bridgehead atoms. The maximum Gasteiger partial charge on any atom is 0.312 e. The van der Waals surface area contributed by atoms with Crippen LogP contribution in [0, 0.1) is 10.1 Å². The molecule has 1 unspecified atom stereocenters. The van der Waals surface area contributed by atoms with Gasteiger partial charge in [-0.3, -0.25) is 14.9 Å². The van der Waals surface area contributed by atoms with E-state index >= 15 is 0 Å². The van der Waals surface area contributed by atoms with Crippen LogP contribution in [0.25, 0.3) is 10.8 Å². The lowest BCUT2D eigenvalue weighted by Crippen LogP contribution is -2.34. The number of halogens is 1. The summed E-state index contributed by atoms with van der Waals surface area (Å²) in [4.78, 5) is 22.5. The number of amides is 1. The summed E-state index contributed by atoms with van der Waals surface area (Å²) in [7, 11) is 0. The van der Waals surface area contributed by atoms with Gasteiger partial charge < -0.3 is 10.4 Å². The molecule has 8 nitrogen and oxygen atoms in total. The number of anilines is 1. The smallest absolute Gasteiger partial charge is 0.312 e. The van der Waals surface area contributed by atoms with E-state index in [2.05, 4.69) is 15.8 Å². The van der Waals surface area contributed by atoms with Crippen LogP contribution in [0.3, 0.4) is 0 Å². The Morgan fingerprint density at radius 1 is 1.24 bits per heavy atom. The molecule has 3 rings (SSSR count). The van der Waals surface area contributed by atoms with Crippen LogP contribution in [-0.4, -0.2) is 28.2 Å². The van der Waals surface area contributed by atoms with Crippen molar-refractivity contribution in [2.24, 2.45) is 5.10 Å². The molecule has 1 amide bonds. The third-order valence-electron chi connectivity index (χ3n) is 4.21. The number of rotatable bonds is 6. The van der Waals surface area contributed by atoms with Crippen molar-refractivity contribution in [2.45, 2.75) is 13.0 Å². The Morgan fingerprint density at radius 2 is 1.97 bits per heavy atom. The highest BCUT2D eigenvalue weighted by atomic mass is 35.5. The molecule has 0 heterocycles. The SMILES string of the molecule is CC(Nc1cccc2ccccc12)C(=O)N/N=C/c1cc(Cl)cc([N+](=O)[O-])c1O. The first-order valence-corrected chi connectivity index (χ1v) is 8.98. The van der Waals surface area contributed by atoms with Crippen LogP contribution in [0.1, 0.15) is 12.5 Å². The molecule has 3 aromatic carbocycles. The molecule has 0 saturated heterocycles. The number of phenolic OH excluding ortho intramolecular Hbond substituents is 1. The Kier molecular flexibility index (Phi) is 5.94. The van der Waals surface area contributed by atoms with E-state index in [1.807, 2.05) is 42.5 Å². The van der Waals surface area contributed by atoms with Gasteiger partial charge in [0, 0.05) is 27.7 Å². The molecule has 0 aliphatic rings. The molecule has 9 heteroatoms. The van der Waals surface area contributed by atoms with Gasteiger partial charge in [-0.25, -0.2) is 5.43 Å². The molecule has 0 aromatic heterocycles. The second-order valence-electron chi connectivity index (χ2n) is 6.25. The lowest BCUT2D eigenvalue weighted by Gasteiger charge is -2.15. The number of hydrogen-bond acceptors (Lipinski definition) is 6. The molecule has 0 radical (unpaired) electrons. The van der Waals surface area contributed by atoms with Gasteiger partial charge in [-0.2, -0.15) is 5.10 Å². The van der Waals surface area contributed by atoms with Crippen molar-refractivity contribution in [1.29, 1.82) is 0 Å². The standard InChI is InChI=1S/C20H17ClN4O4/c1-12(23-17-8-4-6-13-5-2-3-7-16(13)17)20(27)24-22-11-14-9-15(21)10-18(19(14)26)25(28)29/h2-12,23,26H,1H3,(H,24,27)/b22-11+. The fraction of sp³-hybridized carbons (Fsp3) is 0.100. The van der Waals surface area contributed by atoms with Crippen LogP contribution in [0.15, 0.2) is 59.7 Å². The summed E-state index contributed by atoms with van der Waals surface area (Å²) in [5.74, 6) is -1.01. The van der Waals surface area contributed by atoms with Crippen molar-refractivity contribution in [3.63, 3.8) is 0 Å². The van der Waals surface area contributed by atoms with Gasteiger partial charge in [-0.1, -0.05) is 48.0 Å². The molecule has 3 N–H and O–H groups in total. The fourth-order valence-corrected chi connectivity index (χ4v) is 2.98. The average Bonchev–Trinajstić information content (AvgIpc) is 2.70. The van der Waals surface area contributed by atoms with Gasteiger partial charge in [0.15, 0.2) is 0 Å². The second kappa shape index (κ2) is 8.57. The third-order valence-corrected chi connectivity index (χ3v) is 4.43. The maximum atomic E-state index is 12.3. The monoisotopic (exact) mass is 412 g/mol. The minimum absolute atomic E-state index is 0.0131. The van der Waals surface area contributed by atoms with E-state index in [0.29, 0.717) is 0 Å². The first-order chi connectivity index (χ1) is 13.9. The van der Waals surface area contributed by atoms with Crippen LogP contribution in [0.4, 0.5) is 11.4 Å². The number of nitro benzene ring substituents is 1. The average molecular weight is 413 g/mol. The van der Waals surface area contributed by atoms with Crippen molar-refractivity contribution >= 4 is 45.9 Å². The number of benzene rings is 3. The number of nitrogens with zero attached hydrogens (tertiary/aromatic N) is 2. The quantitative estimate of drug-likeness (QED) is 0.320. The molecule has 3 aromatic rings. The third kappa shape index (κ3) is 4.61. The molecule has 0 fully saturated rings. The maximum absolute atomic E-state index is 12.3. The summed E-state index contributed by atoms with van der Waals surface area (Å²) in [5, 5.41) is 29.8. The highest BCUT2D eigenvalue weighted by Crippen LogP contribution is 2.32. The highest BCUT2D eigenvalue weighted by molar-refractivity contribution is 6.31. The fourth-order valence-electron chi connectivity index (χ4n) is 2.76. The van der Waals surface area contributed by atoms with E-state index in [-0.39, 0.29) is 10.6 Å². The number of hydrogen-bond donors (Lipinski definition) is 3. The first-order valence-electron chi connectivity index (χ1n) is 8.61. The van der Waals surface area contributed by atoms with E-state index in [0.717, 1.165) is 28.7 Å². The zero-order valence-electron chi connectivity index (χ0n) is 15.3. The van der Waals surface area contributed by atoms with Crippen molar-refractivity contribution in [3.8, 4) is 5.75 Å². The Bertz CT molecular complexity index is 1110. The van der Waals surface area contributed by atoms with E-state index in [1.54, 1.807) is 6.92 Å². The van der Waals surface area contributed by atoms with Crippen molar-refractivity contribution in [2.75, 3.05) is 5.32 Å². The van der Waals surface area contributed by atoms with Crippen LogP contribution in [0.5, 0.6) is 5.75 Å². The molecular formula is C20H17ClN4O4. The number of carbonyl (C=O) groups excluding carboxylic acids is 1. The summed E-state index contributed by atoms with van der Waals surface area (Å²) in [6.07, 6.45) is 1.09. The highest BCUT2D eigenvalue weighted by Gasteiger charge is 2.18. The number of nitrogens with one attached hydrogen (secondary N) is 2. The zero-order valence-corrected chi connectivity index (χ0v) is 16.1. The Balaban J connectivity index is 1.70. The van der Waals surface area contributed by atoms with E-state index < -0.39 is 28.3 Å². The lowest BCUT2D eigenvalue weighted by atomic mass is 10.1. The molecule has 0 saturated carbocycles. The topological polar surface area (TPSA) is 117 Å². The molecule has 0 aliphatic heterocycles. The molecule has 1 atom stereocenters. The van der Waals surface area contributed by atoms with E-state index in [1.165, 1.54) is 6.07 Å². The number of nitro groups is 1. The molecular weight excluding hydrogens is 396 g/mol. The van der Waals surface area contributed by atoms with Crippen molar-refractivity contribution < 1.29 is 14.8 Å². The normalized spacial score (nSPS) is 12.1. The molecule has 0 spiro atoms. The molecule has 0 aliphatic carbocycles. The van der Waals surface area contributed by atoms with Gasteiger partial charge >= 0.3 is 5.69 Å². The van der Waals surface area contributed by atoms with E-state index in [9.17, 15) is 20.0 Å². The number of fused-ring (bicyclic) bond motifs is 1. The summed E-state index contributed by atoms with van der Waals surface area (Å²) < 4.78 is 0. The first kappa shape index (κ1) is 20.1. The van der Waals surface area contributed by atoms with Gasteiger partial charge in [0.05, 0.1) is 11.1 Å². The van der Waals surface area contributed by atoms with E-state index in [4.69, 9.17) is 11.6 Å². The summed E-state index contributed by atoms with van der Waals surface area (Å²) in [6, 6.07) is 15.3. The predicted octanol–water partition coefficient (Wildman–Crippen LogP) is 4.06. The van der Waals surface area contributed by atoms with Crippen molar-refractivity contribution in [3.05, 3.63) is 75.3 Å². The Hall–Kier alpha value is -3.65. The number of carbonyl (C=O) groups is 1. The minimum Gasteiger partial charge on any atom is -0.502 e. The second-order valence-corrected chi connectivity index (χ2v) is 6.68. The summed E-state index contributed by atoms with van der Waals surface area (Å²) in [6.45, 7) is 1.67. The number of phenols is 1. The molecule has 148 valence electrons. The predicted molar refractivity (Wildman–Crippen MR) is 113 cm³/mol. The van der Waals surface area contributed by atoms with Gasteiger partial charge in [0.1, 0.15) is 6.04 Å². The lowest BCUT2D eigenvalue weighted by molar-refractivity contribution is -0.385. The van der Waals surface area contributed by atoms with Crippen LogP contribution < -0.4 is 10.7 Å². The summed E-state index contributed by atoms with van der Waals surface area (Å²) >= 11 is 5.82. The largest absolute Gasteiger partial charge is 0.502 e. The van der Waals surface area contributed by atoms with Crippen LogP contribution in [0.2, 0.25) is 5.02 Å². The van der Waals surface area contributed by atoms with Gasteiger partial charge in [0.25, 0.3) is 5.91 Å². The Labute approximate surface area is 171 Å². The zero-order chi connectivity index (χ0) is 21.0. The number of aromatic hydroxyl groups is 1. The van der Waals surface area contributed by atoms with Gasteiger partial charge in [0.2, 0.25) is 5.75 Å².